The van der Waals surface area contributed by atoms with Gasteiger partial charge < -0.3 is 9.47 Å². The first-order valence-corrected chi connectivity index (χ1v) is 8.09. The Morgan fingerprint density at radius 3 is 2.28 bits per heavy atom. The lowest BCUT2D eigenvalue weighted by molar-refractivity contribution is 0.418. The second-order valence-corrected chi connectivity index (χ2v) is 6.13. The first kappa shape index (κ1) is 15.3. The molecule has 0 heterocycles. The number of methoxy groups -OCH3 is 2. The highest BCUT2D eigenvalue weighted by Crippen LogP contribution is 2.42. The van der Waals surface area contributed by atoms with Crippen LogP contribution in [-0.2, 0) is 0 Å². The van der Waals surface area contributed by atoms with E-state index in [1.807, 2.05) is 37.3 Å². The van der Waals surface area contributed by atoms with E-state index in [0.717, 1.165) is 49.4 Å². The fourth-order valence-corrected chi connectivity index (χ4v) is 3.70. The molecule has 0 bridgehead atoms. The average Bonchev–Trinajstić information content (AvgIpc) is 2.65. The van der Waals surface area contributed by atoms with Crippen molar-refractivity contribution in [3.8, 4) is 17.6 Å². The SMILES string of the molecule is COc1cc2cccc(OC)c2c2c1ccc1cc(C#N)cc(C)c12. The Morgan fingerprint density at radius 2 is 1.56 bits per heavy atom. The molecule has 0 aliphatic heterocycles. The number of hydrogen-bond acceptors (Lipinski definition) is 3. The number of rotatable bonds is 2. The van der Waals surface area contributed by atoms with Crippen molar-refractivity contribution < 1.29 is 9.47 Å². The maximum atomic E-state index is 9.28. The summed E-state index contributed by atoms with van der Waals surface area (Å²) in [5, 5.41) is 15.7. The van der Waals surface area contributed by atoms with Gasteiger partial charge in [-0.05, 0) is 59.0 Å². The van der Waals surface area contributed by atoms with Gasteiger partial charge in [-0.3, -0.25) is 0 Å². The number of hydrogen-bond donors (Lipinski definition) is 0. The molecule has 0 unspecified atom stereocenters. The second-order valence-electron chi connectivity index (χ2n) is 6.13. The summed E-state index contributed by atoms with van der Waals surface area (Å²) in [6.45, 7) is 2.04. The Labute approximate surface area is 146 Å². The first-order valence-electron chi connectivity index (χ1n) is 8.09. The van der Waals surface area contributed by atoms with Gasteiger partial charge in [0, 0.05) is 16.2 Å². The Balaban J connectivity index is 2.36. The minimum absolute atomic E-state index is 0.670. The van der Waals surface area contributed by atoms with Gasteiger partial charge in [0.05, 0.1) is 25.9 Å². The number of fused-ring (bicyclic) bond motifs is 5. The Bertz CT molecular complexity index is 1180. The van der Waals surface area contributed by atoms with Crippen molar-refractivity contribution in [2.75, 3.05) is 14.2 Å². The zero-order valence-electron chi connectivity index (χ0n) is 14.4. The van der Waals surface area contributed by atoms with E-state index in [0.29, 0.717) is 5.56 Å². The van der Waals surface area contributed by atoms with Crippen molar-refractivity contribution in [1.29, 1.82) is 5.26 Å². The lowest BCUT2D eigenvalue weighted by Gasteiger charge is -2.16. The number of benzene rings is 4. The van der Waals surface area contributed by atoms with Crippen molar-refractivity contribution in [3.63, 3.8) is 0 Å². The van der Waals surface area contributed by atoms with Crippen molar-refractivity contribution in [2.45, 2.75) is 6.92 Å². The molecule has 0 N–H and O–H groups in total. The van der Waals surface area contributed by atoms with Gasteiger partial charge in [-0.1, -0.05) is 18.2 Å². The monoisotopic (exact) mass is 327 g/mol. The molecular weight excluding hydrogens is 310 g/mol. The highest BCUT2D eigenvalue weighted by atomic mass is 16.5. The van der Waals surface area contributed by atoms with Gasteiger partial charge in [0.2, 0.25) is 0 Å². The molecule has 0 spiro atoms. The molecule has 0 saturated carbocycles. The zero-order chi connectivity index (χ0) is 17.6. The minimum Gasteiger partial charge on any atom is -0.496 e. The van der Waals surface area contributed by atoms with Crippen LogP contribution in [-0.4, -0.2) is 14.2 Å². The molecule has 0 aliphatic carbocycles. The summed E-state index contributed by atoms with van der Waals surface area (Å²) >= 11 is 0. The molecule has 3 nitrogen and oxygen atoms in total. The van der Waals surface area contributed by atoms with E-state index < -0.39 is 0 Å². The van der Waals surface area contributed by atoms with Crippen LogP contribution < -0.4 is 9.47 Å². The molecule has 25 heavy (non-hydrogen) atoms. The van der Waals surface area contributed by atoms with Gasteiger partial charge in [-0.25, -0.2) is 0 Å². The van der Waals surface area contributed by atoms with Crippen molar-refractivity contribution in [2.24, 2.45) is 0 Å². The summed E-state index contributed by atoms with van der Waals surface area (Å²) in [4.78, 5) is 0. The van der Waals surface area contributed by atoms with Crippen LogP contribution in [0.15, 0.2) is 48.5 Å². The minimum atomic E-state index is 0.670. The lowest BCUT2D eigenvalue weighted by Crippen LogP contribution is -1.92. The van der Waals surface area contributed by atoms with Crippen molar-refractivity contribution >= 4 is 32.3 Å². The summed E-state index contributed by atoms with van der Waals surface area (Å²) in [5.41, 5.74) is 1.74. The summed E-state index contributed by atoms with van der Waals surface area (Å²) in [5.74, 6) is 1.67. The molecule has 0 aliphatic rings. The third-order valence-corrected chi connectivity index (χ3v) is 4.74. The molecule has 3 heteroatoms. The highest BCUT2D eigenvalue weighted by molar-refractivity contribution is 6.24. The number of ether oxygens (including phenoxy) is 2. The number of aryl methyl sites for hydroxylation is 1. The lowest BCUT2D eigenvalue weighted by atomic mass is 9.92. The zero-order valence-corrected chi connectivity index (χ0v) is 14.4. The Hall–Kier alpha value is -3.25. The third-order valence-electron chi connectivity index (χ3n) is 4.74. The van der Waals surface area contributed by atoms with E-state index in [2.05, 4.69) is 24.3 Å². The van der Waals surface area contributed by atoms with Crippen LogP contribution >= 0.6 is 0 Å². The normalized spacial score (nSPS) is 11.0. The first-order chi connectivity index (χ1) is 12.2. The molecular formula is C22H17NO2. The molecule has 0 radical (unpaired) electrons. The van der Waals surface area contributed by atoms with Gasteiger partial charge in [-0.15, -0.1) is 0 Å². The summed E-state index contributed by atoms with van der Waals surface area (Å²) < 4.78 is 11.3. The largest absolute Gasteiger partial charge is 0.496 e. The van der Waals surface area contributed by atoms with Crippen LogP contribution in [0.25, 0.3) is 32.3 Å². The van der Waals surface area contributed by atoms with E-state index in [1.165, 1.54) is 0 Å². The molecule has 0 fully saturated rings. The molecule has 0 saturated heterocycles. The summed E-state index contributed by atoms with van der Waals surface area (Å²) in [6, 6.07) is 18.3. The van der Waals surface area contributed by atoms with Crippen LogP contribution in [0.3, 0.4) is 0 Å². The predicted octanol–water partition coefficient (Wildman–Crippen LogP) is 5.34. The van der Waals surface area contributed by atoms with Gasteiger partial charge in [0.1, 0.15) is 11.5 Å². The van der Waals surface area contributed by atoms with Crippen molar-refractivity contribution in [1.82, 2.24) is 0 Å². The number of nitrogens with zero attached hydrogens (tertiary/aromatic N) is 1. The summed E-state index contributed by atoms with van der Waals surface area (Å²) in [6.07, 6.45) is 0. The molecule has 0 aromatic heterocycles. The molecule has 122 valence electrons. The molecule has 4 aromatic rings. The molecule has 4 rings (SSSR count). The van der Waals surface area contributed by atoms with Gasteiger partial charge in [-0.2, -0.15) is 5.26 Å². The Kier molecular flexibility index (Phi) is 3.47. The van der Waals surface area contributed by atoms with Crippen LogP contribution in [0, 0.1) is 18.3 Å². The fourth-order valence-electron chi connectivity index (χ4n) is 3.70. The topological polar surface area (TPSA) is 42.2 Å². The van der Waals surface area contributed by atoms with Crippen LogP contribution in [0.4, 0.5) is 0 Å². The van der Waals surface area contributed by atoms with Crippen LogP contribution in [0.2, 0.25) is 0 Å². The average molecular weight is 327 g/mol. The quantitative estimate of drug-likeness (QED) is 0.466. The van der Waals surface area contributed by atoms with Gasteiger partial charge in [0.15, 0.2) is 0 Å². The van der Waals surface area contributed by atoms with E-state index in [1.54, 1.807) is 14.2 Å². The maximum Gasteiger partial charge on any atom is 0.127 e. The predicted molar refractivity (Wildman–Crippen MR) is 102 cm³/mol. The molecule has 0 atom stereocenters. The second kappa shape index (κ2) is 5.68. The van der Waals surface area contributed by atoms with E-state index in [-0.39, 0.29) is 0 Å². The van der Waals surface area contributed by atoms with E-state index in [9.17, 15) is 5.26 Å². The smallest absolute Gasteiger partial charge is 0.127 e. The number of nitriles is 1. The standard InChI is InChI=1S/C22H17NO2/c1-13-9-14(12-23)10-16-7-8-17-19(25-3)11-15-5-4-6-18(24-2)21(15)22(17)20(13)16/h4-11H,1-3H3. The summed E-state index contributed by atoms with van der Waals surface area (Å²) in [7, 11) is 3.38. The third kappa shape index (κ3) is 2.19. The molecule has 4 aromatic carbocycles. The van der Waals surface area contributed by atoms with E-state index in [4.69, 9.17) is 9.47 Å². The van der Waals surface area contributed by atoms with Crippen molar-refractivity contribution in [3.05, 3.63) is 59.7 Å². The van der Waals surface area contributed by atoms with E-state index >= 15 is 0 Å². The van der Waals surface area contributed by atoms with Crippen LogP contribution in [0.1, 0.15) is 11.1 Å². The highest BCUT2D eigenvalue weighted by Gasteiger charge is 2.15. The van der Waals surface area contributed by atoms with Gasteiger partial charge >= 0.3 is 0 Å². The molecule has 0 amide bonds. The van der Waals surface area contributed by atoms with Gasteiger partial charge in [0.25, 0.3) is 0 Å². The Morgan fingerprint density at radius 1 is 0.800 bits per heavy atom. The van der Waals surface area contributed by atoms with Crippen LogP contribution in [0.5, 0.6) is 11.5 Å². The maximum absolute atomic E-state index is 9.28. The fraction of sp³-hybridized carbons (Fsp3) is 0.136.